The van der Waals surface area contributed by atoms with Crippen molar-refractivity contribution in [2.24, 2.45) is 0 Å². The molecule has 1 N–H and O–H groups in total. The van der Waals surface area contributed by atoms with Crippen molar-refractivity contribution < 1.29 is 5.11 Å². The number of anilines is 1. The van der Waals surface area contributed by atoms with E-state index in [2.05, 4.69) is 55.0 Å². The van der Waals surface area contributed by atoms with Gasteiger partial charge in [0.15, 0.2) is 0 Å². The number of aliphatic hydroxyl groups excluding tert-OH is 1. The maximum atomic E-state index is 9.19. The van der Waals surface area contributed by atoms with Crippen molar-refractivity contribution in [2.45, 2.75) is 32.4 Å². The van der Waals surface area contributed by atoms with E-state index in [0.717, 1.165) is 19.5 Å². The minimum Gasteiger partial charge on any atom is -0.396 e. The zero-order valence-electron chi connectivity index (χ0n) is 11.6. The molecule has 0 aromatic heterocycles. The van der Waals surface area contributed by atoms with E-state index in [1.54, 1.807) is 0 Å². The number of para-hydroxylation sites is 1. The molecule has 3 nitrogen and oxygen atoms in total. The van der Waals surface area contributed by atoms with Gasteiger partial charge in [0.1, 0.15) is 0 Å². The van der Waals surface area contributed by atoms with E-state index in [1.165, 1.54) is 11.3 Å². The number of aryl methyl sites for hydroxylation is 1. The first kappa shape index (κ1) is 13.4. The fraction of sp³-hybridized carbons (Fsp3) is 0.600. The SMILES string of the molecule is Cc1ccccc1N1CC(C)N(C)C(CCO)C1. The second kappa shape index (κ2) is 5.72. The highest BCUT2D eigenvalue weighted by atomic mass is 16.3. The first-order valence-electron chi connectivity index (χ1n) is 6.77. The van der Waals surface area contributed by atoms with E-state index in [4.69, 9.17) is 0 Å². The molecule has 2 atom stereocenters. The van der Waals surface area contributed by atoms with Crippen LogP contribution in [0.25, 0.3) is 0 Å². The van der Waals surface area contributed by atoms with Crippen LogP contribution in [0.3, 0.4) is 0 Å². The predicted molar refractivity (Wildman–Crippen MR) is 76.1 cm³/mol. The van der Waals surface area contributed by atoms with Crippen LogP contribution in [0.1, 0.15) is 18.9 Å². The summed E-state index contributed by atoms with van der Waals surface area (Å²) in [7, 11) is 2.17. The molecule has 0 amide bonds. The topological polar surface area (TPSA) is 26.7 Å². The van der Waals surface area contributed by atoms with Crippen molar-refractivity contribution in [2.75, 3.05) is 31.6 Å². The highest BCUT2D eigenvalue weighted by Gasteiger charge is 2.29. The predicted octanol–water partition coefficient (Wildman–Crippen LogP) is 1.89. The first-order valence-corrected chi connectivity index (χ1v) is 6.77. The molecule has 2 unspecified atom stereocenters. The van der Waals surface area contributed by atoms with Crippen molar-refractivity contribution in [3.63, 3.8) is 0 Å². The molecule has 1 aliphatic heterocycles. The van der Waals surface area contributed by atoms with Crippen LogP contribution in [0.2, 0.25) is 0 Å². The average molecular weight is 248 g/mol. The molecule has 18 heavy (non-hydrogen) atoms. The summed E-state index contributed by atoms with van der Waals surface area (Å²) < 4.78 is 0. The van der Waals surface area contributed by atoms with Gasteiger partial charge in [0, 0.05) is 37.5 Å². The molecule has 0 radical (unpaired) electrons. The molecule has 1 fully saturated rings. The summed E-state index contributed by atoms with van der Waals surface area (Å²) in [6.07, 6.45) is 0.850. The Morgan fingerprint density at radius 1 is 1.28 bits per heavy atom. The Bertz CT molecular complexity index is 394. The molecule has 1 aromatic carbocycles. The van der Waals surface area contributed by atoms with Gasteiger partial charge in [-0.25, -0.2) is 0 Å². The summed E-state index contributed by atoms with van der Waals surface area (Å²) in [6, 6.07) is 9.52. The summed E-state index contributed by atoms with van der Waals surface area (Å²) in [5.74, 6) is 0. The molecular formula is C15H24N2O. The number of aliphatic hydroxyl groups is 1. The monoisotopic (exact) mass is 248 g/mol. The molecule has 0 saturated carbocycles. The van der Waals surface area contributed by atoms with Crippen LogP contribution >= 0.6 is 0 Å². The van der Waals surface area contributed by atoms with Crippen LogP contribution in [-0.4, -0.2) is 48.8 Å². The van der Waals surface area contributed by atoms with Gasteiger partial charge >= 0.3 is 0 Å². The smallest absolute Gasteiger partial charge is 0.0446 e. The molecule has 100 valence electrons. The second-order valence-corrected chi connectivity index (χ2v) is 5.37. The maximum absolute atomic E-state index is 9.19. The Labute approximate surface area is 110 Å². The zero-order valence-corrected chi connectivity index (χ0v) is 11.6. The molecule has 1 saturated heterocycles. The van der Waals surface area contributed by atoms with E-state index in [-0.39, 0.29) is 6.61 Å². The number of hydrogen-bond donors (Lipinski definition) is 1. The minimum absolute atomic E-state index is 0.267. The number of benzene rings is 1. The summed E-state index contributed by atoms with van der Waals surface area (Å²) in [5.41, 5.74) is 2.66. The van der Waals surface area contributed by atoms with Crippen LogP contribution in [-0.2, 0) is 0 Å². The molecule has 2 rings (SSSR count). The first-order chi connectivity index (χ1) is 8.63. The Morgan fingerprint density at radius 3 is 2.67 bits per heavy atom. The van der Waals surface area contributed by atoms with Crippen molar-refractivity contribution in [1.82, 2.24) is 4.90 Å². The summed E-state index contributed by atoms with van der Waals surface area (Å²) in [4.78, 5) is 4.85. The third-order valence-electron chi connectivity index (χ3n) is 4.11. The molecule has 0 spiro atoms. The van der Waals surface area contributed by atoms with Gasteiger partial charge in [-0.15, -0.1) is 0 Å². The van der Waals surface area contributed by atoms with E-state index < -0.39 is 0 Å². The van der Waals surface area contributed by atoms with Gasteiger partial charge in [-0.05, 0) is 38.9 Å². The highest BCUT2D eigenvalue weighted by Crippen LogP contribution is 2.25. The van der Waals surface area contributed by atoms with Crippen molar-refractivity contribution in [1.29, 1.82) is 0 Å². The van der Waals surface area contributed by atoms with Crippen LogP contribution in [0.4, 0.5) is 5.69 Å². The Morgan fingerprint density at radius 2 is 2.00 bits per heavy atom. The Hall–Kier alpha value is -1.06. The average Bonchev–Trinajstić information content (AvgIpc) is 2.35. The zero-order chi connectivity index (χ0) is 13.1. The molecule has 0 aliphatic carbocycles. The van der Waals surface area contributed by atoms with E-state index in [9.17, 15) is 5.11 Å². The summed E-state index contributed by atoms with van der Waals surface area (Å²) >= 11 is 0. The molecule has 0 bridgehead atoms. The van der Waals surface area contributed by atoms with Crippen LogP contribution in [0.5, 0.6) is 0 Å². The molecule has 3 heteroatoms. The number of likely N-dealkylation sites (N-methyl/N-ethyl adjacent to an activating group) is 1. The lowest BCUT2D eigenvalue weighted by Gasteiger charge is -2.45. The third kappa shape index (κ3) is 2.68. The number of nitrogens with zero attached hydrogens (tertiary/aromatic N) is 2. The van der Waals surface area contributed by atoms with Gasteiger partial charge in [-0.2, -0.15) is 0 Å². The number of hydrogen-bond acceptors (Lipinski definition) is 3. The number of piperazine rings is 1. The molecular weight excluding hydrogens is 224 g/mol. The van der Waals surface area contributed by atoms with Crippen molar-refractivity contribution in [3.8, 4) is 0 Å². The fourth-order valence-electron chi connectivity index (χ4n) is 2.82. The quantitative estimate of drug-likeness (QED) is 0.885. The lowest BCUT2D eigenvalue weighted by atomic mass is 10.0. The van der Waals surface area contributed by atoms with Gasteiger partial charge in [0.05, 0.1) is 0 Å². The highest BCUT2D eigenvalue weighted by molar-refractivity contribution is 5.53. The molecule has 1 heterocycles. The van der Waals surface area contributed by atoms with Crippen molar-refractivity contribution >= 4 is 5.69 Å². The Kier molecular flexibility index (Phi) is 4.25. The largest absolute Gasteiger partial charge is 0.396 e. The van der Waals surface area contributed by atoms with E-state index >= 15 is 0 Å². The second-order valence-electron chi connectivity index (χ2n) is 5.37. The Balaban J connectivity index is 2.17. The van der Waals surface area contributed by atoms with Crippen molar-refractivity contribution in [3.05, 3.63) is 29.8 Å². The van der Waals surface area contributed by atoms with Gasteiger partial charge in [0.25, 0.3) is 0 Å². The van der Waals surface area contributed by atoms with E-state index in [1.807, 2.05) is 0 Å². The van der Waals surface area contributed by atoms with E-state index in [0.29, 0.717) is 12.1 Å². The maximum Gasteiger partial charge on any atom is 0.0446 e. The van der Waals surface area contributed by atoms with Gasteiger partial charge in [-0.1, -0.05) is 18.2 Å². The molecule has 1 aliphatic rings. The lowest BCUT2D eigenvalue weighted by Crippen LogP contribution is -2.56. The summed E-state index contributed by atoms with van der Waals surface area (Å²) in [6.45, 7) is 6.76. The third-order valence-corrected chi connectivity index (χ3v) is 4.11. The fourth-order valence-corrected chi connectivity index (χ4v) is 2.82. The lowest BCUT2D eigenvalue weighted by molar-refractivity contribution is 0.128. The van der Waals surface area contributed by atoms with Gasteiger partial charge in [0.2, 0.25) is 0 Å². The summed E-state index contributed by atoms with van der Waals surface area (Å²) in [5, 5.41) is 9.19. The molecule has 1 aromatic rings. The van der Waals surface area contributed by atoms with Crippen LogP contribution < -0.4 is 4.90 Å². The van der Waals surface area contributed by atoms with Crippen LogP contribution in [0, 0.1) is 6.92 Å². The number of rotatable bonds is 3. The van der Waals surface area contributed by atoms with Gasteiger partial charge < -0.3 is 10.0 Å². The normalized spacial score (nSPS) is 25.4. The minimum atomic E-state index is 0.267. The standard InChI is InChI=1S/C15H24N2O/c1-12-6-4-5-7-15(12)17-10-13(2)16(3)14(11-17)8-9-18/h4-7,13-14,18H,8-11H2,1-3H3. The van der Waals surface area contributed by atoms with Crippen LogP contribution in [0.15, 0.2) is 24.3 Å². The van der Waals surface area contributed by atoms with Gasteiger partial charge in [-0.3, -0.25) is 4.90 Å².